The summed E-state index contributed by atoms with van der Waals surface area (Å²) in [6, 6.07) is 4.74. The smallest absolute Gasteiger partial charge is 0.303 e. The molecule has 0 bridgehead atoms. The Bertz CT molecular complexity index is 579. The van der Waals surface area contributed by atoms with Crippen molar-refractivity contribution in [2.45, 2.75) is 33.6 Å². The molecule has 114 valence electrons. The molecule has 4 N–H and O–H groups in total. The molecule has 0 aliphatic rings. The van der Waals surface area contributed by atoms with Crippen LogP contribution in [0.5, 0.6) is 0 Å². The van der Waals surface area contributed by atoms with Gasteiger partial charge in [0.25, 0.3) is 0 Å². The topological polar surface area (TPSA) is 109 Å². The number of amides is 2. The summed E-state index contributed by atoms with van der Waals surface area (Å²) in [5.74, 6) is -1.73. The Morgan fingerprint density at radius 2 is 1.86 bits per heavy atom. The third kappa shape index (κ3) is 5.25. The van der Waals surface area contributed by atoms with E-state index in [4.69, 9.17) is 10.8 Å². The highest BCUT2D eigenvalue weighted by Crippen LogP contribution is 2.26. The zero-order valence-corrected chi connectivity index (χ0v) is 12.4. The Hall–Kier alpha value is -2.37. The Labute approximate surface area is 123 Å². The largest absolute Gasteiger partial charge is 0.481 e. The SMILES string of the molecule is Cc1cc(C(N)=O)ccc1NC(=O)CC(C)(C)CC(=O)O. The molecule has 21 heavy (non-hydrogen) atoms. The number of carboxylic acids is 1. The first kappa shape index (κ1) is 16.7. The second kappa shape index (κ2) is 6.39. The number of hydrogen-bond donors (Lipinski definition) is 3. The average Bonchev–Trinajstić information content (AvgIpc) is 2.28. The molecule has 1 aromatic carbocycles. The third-order valence-electron chi connectivity index (χ3n) is 3.05. The molecule has 2 amide bonds. The van der Waals surface area contributed by atoms with Crippen LogP contribution in [0.2, 0.25) is 0 Å². The first-order valence-electron chi connectivity index (χ1n) is 6.53. The van der Waals surface area contributed by atoms with Crippen molar-refractivity contribution < 1.29 is 19.5 Å². The lowest BCUT2D eigenvalue weighted by Crippen LogP contribution is -2.25. The molecule has 0 radical (unpaired) electrons. The number of carbonyl (C=O) groups is 3. The lowest BCUT2D eigenvalue weighted by molar-refractivity contribution is -0.139. The zero-order chi connectivity index (χ0) is 16.2. The Morgan fingerprint density at radius 3 is 2.33 bits per heavy atom. The van der Waals surface area contributed by atoms with Crippen LogP contribution < -0.4 is 11.1 Å². The number of benzene rings is 1. The average molecular weight is 292 g/mol. The highest BCUT2D eigenvalue weighted by atomic mass is 16.4. The number of carboxylic acid groups (broad SMARTS) is 1. The van der Waals surface area contributed by atoms with Crippen molar-refractivity contribution in [1.29, 1.82) is 0 Å². The maximum absolute atomic E-state index is 12.0. The molecule has 0 spiro atoms. The molecule has 0 atom stereocenters. The van der Waals surface area contributed by atoms with Crippen LogP contribution in [0.15, 0.2) is 18.2 Å². The molecule has 6 heteroatoms. The summed E-state index contributed by atoms with van der Waals surface area (Å²) in [4.78, 5) is 33.8. The van der Waals surface area contributed by atoms with Crippen molar-refractivity contribution in [3.63, 3.8) is 0 Å². The molecule has 0 saturated carbocycles. The zero-order valence-electron chi connectivity index (χ0n) is 12.4. The number of rotatable bonds is 6. The van der Waals surface area contributed by atoms with Gasteiger partial charge in [0.2, 0.25) is 11.8 Å². The summed E-state index contributed by atoms with van der Waals surface area (Å²) < 4.78 is 0. The quantitative estimate of drug-likeness (QED) is 0.744. The molecular weight excluding hydrogens is 272 g/mol. The Balaban J connectivity index is 2.75. The normalized spacial score (nSPS) is 11.0. The van der Waals surface area contributed by atoms with Gasteiger partial charge < -0.3 is 16.2 Å². The monoisotopic (exact) mass is 292 g/mol. The summed E-state index contributed by atoms with van der Waals surface area (Å²) in [6.45, 7) is 5.21. The van der Waals surface area contributed by atoms with E-state index in [1.54, 1.807) is 32.9 Å². The van der Waals surface area contributed by atoms with Gasteiger partial charge in [-0.3, -0.25) is 14.4 Å². The van der Waals surface area contributed by atoms with Crippen LogP contribution in [0, 0.1) is 12.3 Å². The van der Waals surface area contributed by atoms with Gasteiger partial charge in [-0.05, 0) is 36.1 Å². The van der Waals surface area contributed by atoms with Crippen molar-refractivity contribution in [3.8, 4) is 0 Å². The molecule has 0 heterocycles. The van der Waals surface area contributed by atoms with Crippen LogP contribution in [0.4, 0.5) is 5.69 Å². The van der Waals surface area contributed by atoms with Gasteiger partial charge in [0.1, 0.15) is 0 Å². The molecule has 1 aromatic rings. The number of anilines is 1. The van der Waals surface area contributed by atoms with Crippen molar-refractivity contribution >= 4 is 23.5 Å². The fourth-order valence-corrected chi connectivity index (χ4v) is 2.06. The lowest BCUT2D eigenvalue weighted by atomic mass is 9.85. The minimum atomic E-state index is -0.935. The van der Waals surface area contributed by atoms with Crippen molar-refractivity contribution in [2.75, 3.05) is 5.32 Å². The molecule has 0 aromatic heterocycles. The second-order valence-electron chi connectivity index (χ2n) is 5.85. The van der Waals surface area contributed by atoms with Gasteiger partial charge in [0.05, 0.1) is 6.42 Å². The van der Waals surface area contributed by atoms with Crippen molar-refractivity contribution in [2.24, 2.45) is 11.1 Å². The minimum Gasteiger partial charge on any atom is -0.481 e. The van der Waals surface area contributed by atoms with Gasteiger partial charge in [0, 0.05) is 17.7 Å². The summed E-state index contributed by atoms with van der Waals surface area (Å²) >= 11 is 0. The highest BCUT2D eigenvalue weighted by molar-refractivity contribution is 5.95. The van der Waals surface area contributed by atoms with E-state index in [1.807, 2.05) is 0 Å². The standard InChI is InChI=1S/C15H20N2O4/c1-9-6-10(14(16)21)4-5-11(9)17-12(18)7-15(2,3)8-13(19)20/h4-6H,7-8H2,1-3H3,(H2,16,21)(H,17,18)(H,19,20). The number of hydrogen-bond acceptors (Lipinski definition) is 3. The molecule has 0 unspecified atom stereocenters. The van der Waals surface area contributed by atoms with E-state index < -0.39 is 17.3 Å². The van der Waals surface area contributed by atoms with E-state index in [-0.39, 0.29) is 18.7 Å². The number of carbonyl (C=O) groups excluding carboxylic acids is 2. The lowest BCUT2D eigenvalue weighted by Gasteiger charge is -2.21. The van der Waals surface area contributed by atoms with Gasteiger partial charge in [-0.25, -0.2) is 0 Å². The van der Waals surface area contributed by atoms with Crippen molar-refractivity contribution in [1.82, 2.24) is 0 Å². The Morgan fingerprint density at radius 1 is 1.24 bits per heavy atom. The number of primary amides is 1. The highest BCUT2D eigenvalue weighted by Gasteiger charge is 2.25. The molecule has 6 nitrogen and oxygen atoms in total. The fraction of sp³-hybridized carbons (Fsp3) is 0.400. The maximum Gasteiger partial charge on any atom is 0.303 e. The maximum atomic E-state index is 12.0. The summed E-state index contributed by atoms with van der Waals surface area (Å²) in [5.41, 5.74) is 6.22. The predicted octanol–water partition coefficient (Wildman–Crippen LogP) is 1.92. The van der Waals surface area contributed by atoms with E-state index in [0.717, 1.165) is 5.56 Å². The third-order valence-corrected chi connectivity index (χ3v) is 3.05. The van der Waals surface area contributed by atoms with E-state index in [1.165, 1.54) is 6.07 Å². The van der Waals surface area contributed by atoms with Crippen LogP contribution in [-0.4, -0.2) is 22.9 Å². The second-order valence-corrected chi connectivity index (χ2v) is 5.85. The van der Waals surface area contributed by atoms with Gasteiger partial charge in [0.15, 0.2) is 0 Å². The number of aryl methyl sites for hydroxylation is 1. The first-order valence-corrected chi connectivity index (χ1v) is 6.53. The summed E-state index contributed by atoms with van der Waals surface area (Å²) in [5, 5.41) is 11.5. The van der Waals surface area contributed by atoms with E-state index in [9.17, 15) is 14.4 Å². The molecule has 0 aliphatic carbocycles. The van der Waals surface area contributed by atoms with Crippen LogP contribution in [0.3, 0.4) is 0 Å². The summed E-state index contributed by atoms with van der Waals surface area (Å²) in [7, 11) is 0. The van der Waals surface area contributed by atoms with Gasteiger partial charge in [-0.1, -0.05) is 13.8 Å². The predicted molar refractivity (Wildman–Crippen MR) is 79.0 cm³/mol. The van der Waals surface area contributed by atoms with Gasteiger partial charge in [-0.15, -0.1) is 0 Å². The van der Waals surface area contributed by atoms with Gasteiger partial charge in [-0.2, -0.15) is 0 Å². The number of nitrogens with two attached hydrogens (primary N) is 1. The number of nitrogens with one attached hydrogen (secondary N) is 1. The van der Waals surface area contributed by atoms with E-state index in [2.05, 4.69) is 5.32 Å². The van der Waals surface area contributed by atoms with E-state index in [0.29, 0.717) is 11.3 Å². The van der Waals surface area contributed by atoms with Crippen LogP contribution >= 0.6 is 0 Å². The van der Waals surface area contributed by atoms with Crippen molar-refractivity contribution in [3.05, 3.63) is 29.3 Å². The Kier molecular flexibility index (Phi) is 5.07. The fourth-order valence-electron chi connectivity index (χ4n) is 2.06. The molecule has 0 aliphatic heterocycles. The van der Waals surface area contributed by atoms with Crippen LogP contribution in [0.1, 0.15) is 42.6 Å². The first-order chi connectivity index (χ1) is 9.60. The van der Waals surface area contributed by atoms with E-state index >= 15 is 0 Å². The van der Waals surface area contributed by atoms with Crippen LogP contribution in [-0.2, 0) is 9.59 Å². The molecule has 1 rings (SSSR count). The number of aliphatic carboxylic acids is 1. The summed E-state index contributed by atoms with van der Waals surface area (Å²) in [6.07, 6.45) is 0.0102. The minimum absolute atomic E-state index is 0.0833. The molecular formula is C15H20N2O4. The molecule has 0 fully saturated rings. The molecule has 0 saturated heterocycles. The van der Waals surface area contributed by atoms with Gasteiger partial charge >= 0.3 is 5.97 Å². The van der Waals surface area contributed by atoms with Crippen LogP contribution in [0.25, 0.3) is 0 Å².